The average molecular weight is 206 g/mol. The Morgan fingerprint density at radius 1 is 1.60 bits per heavy atom. The second-order valence-electron chi connectivity index (χ2n) is 3.91. The number of carboxylic acids is 1. The topological polar surface area (TPSA) is 46.5 Å². The van der Waals surface area contributed by atoms with Gasteiger partial charge in [0.2, 0.25) is 0 Å². The summed E-state index contributed by atoms with van der Waals surface area (Å²) in [5, 5.41) is 8.66. The predicted octanol–water partition coefficient (Wildman–Crippen LogP) is 1.82. The monoisotopic (exact) mass is 206 g/mol. The van der Waals surface area contributed by atoms with Crippen LogP contribution in [0.25, 0.3) is 0 Å². The van der Waals surface area contributed by atoms with Gasteiger partial charge in [0.15, 0.2) is 6.10 Å². The third-order valence-corrected chi connectivity index (χ3v) is 2.86. The fourth-order valence-corrected chi connectivity index (χ4v) is 1.84. The van der Waals surface area contributed by atoms with E-state index in [0.717, 1.165) is 6.42 Å². The summed E-state index contributed by atoms with van der Waals surface area (Å²) in [6, 6.07) is 8.21. The van der Waals surface area contributed by atoms with Gasteiger partial charge in [-0.3, -0.25) is 0 Å². The van der Waals surface area contributed by atoms with Crippen molar-refractivity contribution in [2.24, 2.45) is 0 Å². The van der Waals surface area contributed by atoms with Crippen LogP contribution in [0.1, 0.15) is 24.0 Å². The minimum absolute atomic E-state index is 0.378. The van der Waals surface area contributed by atoms with Crippen molar-refractivity contribution in [3.63, 3.8) is 0 Å². The highest BCUT2D eigenvalue weighted by atomic mass is 16.5. The Labute approximate surface area is 88.7 Å². The number of fused-ring (bicyclic) bond motifs is 1. The van der Waals surface area contributed by atoms with E-state index in [1.54, 1.807) is 6.92 Å². The van der Waals surface area contributed by atoms with Gasteiger partial charge in [-0.05, 0) is 24.5 Å². The summed E-state index contributed by atoms with van der Waals surface area (Å²) in [7, 11) is 0. The SMILES string of the molecule is CC(OCC1Cc2ccccc21)C(=O)O. The summed E-state index contributed by atoms with van der Waals surface area (Å²) in [6.07, 6.45) is 0.292. The maximum absolute atomic E-state index is 10.5. The number of hydrogen-bond acceptors (Lipinski definition) is 2. The van der Waals surface area contributed by atoms with Crippen LogP contribution in [-0.2, 0) is 16.0 Å². The lowest BCUT2D eigenvalue weighted by molar-refractivity contribution is -0.149. The van der Waals surface area contributed by atoms with E-state index < -0.39 is 12.1 Å². The molecule has 0 aliphatic heterocycles. The Hall–Kier alpha value is -1.35. The van der Waals surface area contributed by atoms with E-state index in [4.69, 9.17) is 9.84 Å². The molecule has 0 aromatic heterocycles. The van der Waals surface area contributed by atoms with Crippen molar-refractivity contribution in [2.75, 3.05) is 6.61 Å². The number of ether oxygens (including phenoxy) is 1. The molecular formula is C12H14O3. The maximum atomic E-state index is 10.5. The first kappa shape index (κ1) is 10.2. The molecule has 1 aromatic rings. The van der Waals surface area contributed by atoms with Gasteiger partial charge in [0.05, 0.1) is 6.61 Å². The lowest BCUT2D eigenvalue weighted by atomic mass is 9.78. The van der Waals surface area contributed by atoms with Crippen LogP contribution in [0.3, 0.4) is 0 Å². The van der Waals surface area contributed by atoms with Crippen molar-refractivity contribution >= 4 is 5.97 Å². The Balaban J connectivity index is 1.87. The van der Waals surface area contributed by atoms with Crippen LogP contribution in [0.2, 0.25) is 0 Å². The second kappa shape index (κ2) is 4.03. The highest BCUT2D eigenvalue weighted by molar-refractivity contribution is 5.71. The normalized spacial score (nSPS) is 20.2. The van der Waals surface area contributed by atoms with E-state index in [1.807, 2.05) is 12.1 Å². The summed E-state index contributed by atoms with van der Waals surface area (Å²) < 4.78 is 5.26. The minimum Gasteiger partial charge on any atom is -0.479 e. The molecule has 0 radical (unpaired) electrons. The van der Waals surface area contributed by atoms with E-state index in [-0.39, 0.29) is 0 Å². The van der Waals surface area contributed by atoms with Crippen molar-refractivity contribution in [3.05, 3.63) is 35.4 Å². The number of hydrogen-bond donors (Lipinski definition) is 1. The molecule has 0 saturated heterocycles. The molecule has 1 aliphatic carbocycles. The van der Waals surface area contributed by atoms with Gasteiger partial charge in [-0.1, -0.05) is 24.3 Å². The number of rotatable bonds is 4. The molecule has 15 heavy (non-hydrogen) atoms. The summed E-state index contributed by atoms with van der Waals surface area (Å²) >= 11 is 0. The van der Waals surface area contributed by atoms with E-state index >= 15 is 0 Å². The zero-order valence-electron chi connectivity index (χ0n) is 8.64. The van der Waals surface area contributed by atoms with Gasteiger partial charge < -0.3 is 9.84 Å². The Morgan fingerprint density at radius 3 is 3.00 bits per heavy atom. The first-order chi connectivity index (χ1) is 7.18. The molecule has 0 bridgehead atoms. The van der Waals surface area contributed by atoms with Crippen LogP contribution in [-0.4, -0.2) is 23.8 Å². The molecule has 0 heterocycles. The highest BCUT2D eigenvalue weighted by Gasteiger charge is 2.26. The van der Waals surface area contributed by atoms with Crippen LogP contribution in [0, 0.1) is 0 Å². The molecule has 3 heteroatoms. The number of carbonyl (C=O) groups is 1. The first-order valence-electron chi connectivity index (χ1n) is 5.10. The zero-order chi connectivity index (χ0) is 10.8. The lowest BCUT2D eigenvalue weighted by Crippen LogP contribution is -2.27. The summed E-state index contributed by atoms with van der Waals surface area (Å²) in [5.74, 6) is -0.523. The number of carboxylic acid groups (broad SMARTS) is 1. The first-order valence-corrected chi connectivity index (χ1v) is 5.10. The number of aliphatic carboxylic acids is 1. The molecule has 3 nitrogen and oxygen atoms in total. The molecule has 2 atom stereocenters. The van der Waals surface area contributed by atoms with Gasteiger partial charge in [-0.15, -0.1) is 0 Å². The van der Waals surface area contributed by atoms with Gasteiger partial charge in [0.1, 0.15) is 0 Å². The smallest absolute Gasteiger partial charge is 0.332 e. The van der Waals surface area contributed by atoms with Crippen LogP contribution in [0.5, 0.6) is 0 Å². The van der Waals surface area contributed by atoms with E-state index in [1.165, 1.54) is 11.1 Å². The largest absolute Gasteiger partial charge is 0.479 e. The fraction of sp³-hybridized carbons (Fsp3) is 0.417. The van der Waals surface area contributed by atoms with Gasteiger partial charge in [0.25, 0.3) is 0 Å². The Bertz CT molecular complexity index is 373. The quantitative estimate of drug-likeness (QED) is 0.817. The standard InChI is InChI=1S/C12H14O3/c1-8(12(13)14)15-7-10-6-9-4-2-3-5-11(9)10/h2-5,8,10H,6-7H2,1H3,(H,13,14). The van der Waals surface area contributed by atoms with Crippen LogP contribution in [0.4, 0.5) is 0 Å². The molecule has 0 saturated carbocycles. The van der Waals surface area contributed by atoms with Gasteiger partial charge in [-0.25, -0.2) is 4.79 Å². The fourth-order valence-electron chi connectivity index (χ4n) is 1.84. The third-order valence-electron chi connectivity index (χ3n) is 2.86. The Morgan fingerprint density at radius 2 is 2.33 bits per heavy atom. The second-order valence-corrected chi connectivity index (χ2v) is 3.91. The highest BCUT2D eigenvalue weighted by Crippen LogP contribution is 2.34. The zero-order valence-corrected chi connectivity index (χ0v) is 8.64. The number of benzene rings is 1. The predicted molar refractivity (Wildman–Crippen MR) is 55.9 cm³/mol. The van der Waals surface area contributed by atoms with E-state index in [0.29, 0.717) is 12.5 Å². The van der Waals surface area contributed by atoms with E-state index in [2.05, 4.69) is 12.1 Å². The molecule has 0 spiro atoms. The van der Waals surface area contributed by atoms with Gasteiger partial charge >= 0.3 is 5.97 Å². The molecule has 0 fully saturated rings. The summed E-state index contributed by atoms with van der Waals surface area (Å²) in [6.45, 7) is 2.07. The van der Waals surface area contributed by atoms with Gasteiger partial charge in [-0.2, -0.15) is 0 Å². The van der Waals surface area contributed by atoms with Crippen molar-refractivity contribution < 1.29 is 14.6 Å². The van der Waals surface area contributed by atoms with Crippen molar-refractivity contribution in [2.45, 2.75) is 25.4 Å². The summed E-state index contributed by atoms with van der Waals surface area (Å²) in [5.41, 5.74) is 2.66. The molecule has 2 rings (SSSR count). The average Bonchev–Trinajstić information content (AvgIpc) is 2.19. The van der Waals surface area contributed by atoms with E-state index in [9.17, 15) is 4.79 Å². The van der Waals surface area contributed by atoms with Crippen molar-refractivity contribution in [1.82, 2.24) is 0 Å². The Kier molecular flexibility index (Phi) is 2.73. The molecule has 80 valence electrons. The maximum Gasteiger partial charge on any atom is 0.332 e. The molecule has 0 amide bonds. The lowest BCUT2D eigenvalue weighted by Gasteiger charge is -2.30. The molecule has 1 N–H and O–H groups in total. The van der Waals surface area contributed by atoms with Crippen LogP contribution >= 0.6 is 0 Å². The van der Waals surface area contributed by atoms with Crippen molar-refractivity contribution in [3.8, 4) is 0 Å². The molecule has 1 aliphatic rings. The third kappa shape index (κ3) is 2.02. The minimum atomic E-state index is -0.900. The molecular weight excluding hydrogens is 192 g/mol. The molecule has 1 aromatic carbocycles. The van der Waals surface area contributed by atoms with Crippen molar-refractivity contribution in [1.29, 1.82) is 0 Å². The summed E-state index contributed by atoms with van der Waals surface area (Å²) in [4.78, 5) is 10.5. The van der Waals surface area contributed by atoms with Crippen LogP contribution < -0.4 is 0 Å². The van der Waals surface area contributed by atoms with Gasteiger partial charge in [0, 0.05) is 5.92 Å². The van der Waals surface area contributed by atoms with Crippen LogP contribution in [0.15, 0.2) is 24.3 Å². The molecule has 2 unspecified atom stereocenters.